The molecule has 0 amide bonds. The molecule has 1 aliphatic heterocycles. The summed E-state index contributed by atoms with van der Waals surface area (Å²) in [4.78, 5) is 12.8. The minimum atomic E-state index is 0.710. The average molecular weight is 355 g/mol. The van der Waals surface area contributed by atoms with E-state index in [-0.39, 0.29) is 0 Å². The summed E-state index contributed by atoms with van der Waals surface area (Å²) in [5, 5.41) is 3.44. The maximum Gasteiger partial charge on any atom is 0.194 e. The van der Waals surface area contributed by atoms with Gasteiger partial charge in [0.25, 0.3) is 0 Å². The van der Waals surface area contributed by atoms with Gasteiger partial charge in [-0.2, -0.15) is 0 Å². The van der Waals surface area contributed by atoms with E-state index in [1.807, 2.05) is 5.51 Å². The summed E-state index contributed by atoms with van der Waals surface area (Å²) >= 11 is 1.68. The van der Waals surface area contributed by atoms with Crippen molar-refractivity contribution in [2.24, 2.45) is 4.99 Å². The molecule has 1 saturated heterocycles. The number of guanidine groups is 1. The predicted octanol–water partition coefficient (Wildman–Crippen LogP) is 4.10. The normalized spacial score (nSPS) is 15.4. The van der Waals surface area contributed by atoms with E-state index in [9.17, 15) is 0 Å². The van der Waals surface area contributed by atoms with E-state index in [0.29, 0.717) is 6.54 Å². The van der Waals surface area contributed by atoms with Gasteiger partial charge in [-0.15, -0.1) is 11.3 Å². The molecular weight excluding hydrogens is 328 g/mol. The maximum atomic E-state index is 4.83. The first-order chi connectivity index (χ1) is 12.3. The van der Waals surface area contributed by atoms with Crippen molar-refractivity contribution in [3.63, 3.8) is 0 Å². The van der Waals surface area contributed by atoms with Gasteiger partial charge in [0, 0.05) is 24.5 Å². The zero-order chi connectivity index (χ0) is 17.5. The van der Waals surface area contributed by atoms with E-state index < -0.39 is 0 Å². The van der Waals surface area contributed by atoms with Crippen molar-refractivity contribution in [2.45, 2.75) is 33.2 Å². The monoisotopic (exact) mass is 354 g/mol. The third-order valence-electron chi connectivity index (χ3n) is 4.43. The number of aromatic nitrogens is 1. The maximum absolute atomic E-state index is 4.83. The molecule has 0 saturated carbocycles. The van der Waals surface area contributed by atoms with Crippen molar-refractivity contribution >= 4 is 23.4 Å². The number of thiazole rings is 1. The number of aliphatic imine (C=N–C) groups is 1. The highest BCUT2D eigenvalue weighted by atomic mass is 32.1. The van der Waals surface area contributed by atoms with Crippen LogP contribution in [0, 0.1) is 6.92 Å². The van der Waals surface area contributed by atoms with Gasteiger partial charge in [-0.1, -0.05) is 42.0 Å². The minimum Gasteiger partial charge on any atom is -0.357 e. The second-order valence-electron chi connectivity index (χ2n) is 6.23. The summed E-state index contributed by atoms with van der Waals surface area (Å²) in [6.45, 7) is 7.82. The molecule has 0 atom stereocenters. The lowest BCUT2D eigenvalue weighted by Crippen LogP contribution is -2.44. The largest absolute Gasteiger partial charge is 0.357 e. The SMILES string of the molecule is CCNC(=NCc1scnc1C)N1CCC(=Cc2ccccc2)CC1. The van der Waals surface area contributed by atoms with Crippen LogP contribution < -0.4 is 5.32 Å². The van der Waals surface area contributed by atoms with Crippen molar-refractivity contribution in [3.8, 4) is 0 Å². The van der Waals surface area contributed by atoms with E-state index >= 15 is 0 Å². The van der Waals surface area contributed by atoms with Crippen molar-refractivity contribution in [1.29, 1.82) is 0 Å². The zero-order valence-electron chi connectivity index (χ0n) is 15.0. The molecule has 2 heterocycles. The summed E-state index contributed by atoms with van der Waals surface area (Å²) in [6, 6.07) is 10.6. The topological polar surface area (TPSA) is 40.5 Å². The Morgan fingerprint density at radius 2 is 2.04 bits per heavy atom. The lowest BCUT2D eigenvalue weighted by molar-refractivity contribution is 0.375. The lowest BCUT2D eigenvalue weighted by Gasteiger charge is -2.31. The van der Waals surface area contributed by atoms with E-state index in [0.717, 1.165) is 44.1 Å². The van der Waals surface area contributed by atoms with Gasteiger partial charge in [0.2, 0.25) is 0 Å². The molecule has 1 aliphatic rings. The van der Waals surface area contributed by atoms with Gasteiger partial charge in [-0.05, 0) is 32.3 Å². The molecule has 1 aromatic heterocycles. The Hall–Kier alpha value is -2.14. The standard InChI is InChI=1S/C20H26N4S/c1-3-21-20(22-14-19-16(2)23-15-25-19)24-11-9-18(10-12-24)13-17-7-5-4-6-8-17/h4-8,13,15H,3,9-12,14H2,1-2H3,(H,21,22). The van der Waals surface area contributed by atoms with Crippen molar-refractivity contribution in [2.75, 3.05) is 19.6 Å². The first-order valence-corrected chi connectivity index (χ1v) is 9.81. The highest BCUT2D eigenvalue weighted by molar-refractivity contribution is 7.09. The van der Waals surface area contributed by atoms with Crippen LogP contribution in [-0.4, -0.2) is 35.5 Å². The molecule has 0 spiro atoms. The summed E-state index contributed by atoms with van der Waals surface area (Å²) in [7, 11) is 0. The molecular formula is C20H26N4S. The van der Waals surface area contributed by atoms with Crippen LogP contribution in [0.4, 0.5) is 0 Å². The number of nitrogens with one attached hydrogen (secondary N) is 1. The molecule has 5 heteroatoms. The fourth-order valence-electron chi connectivity index (χ4n) is 2.99. The Balaban J connectivity index is 1.62. The molecule has 132 valence electrons. The molecule has 4 nitrogen and oxygen atoms in total. The third-order valence-corrected chi connectivity index (χ3v) is 5.35. The number of rotatable bonds is 4. The Morgan fingerprint density at radius 1 is 1.28 bits per heavy atom. The Morgan fingerprint density at radius 3 is 2.68 bits per heavy atom. The van der Waals surface area contributed by atoms with E-state index in [2.05, 4.69) is 65.5 Å². The molecule has 25 heavy (non-hydrogen) atoms. The second-order valence-corrected chi connectivity index (χ2v) is 7.17. The number of hydrogen-bond acceptors (Lipinski definition) is 3. The number of benzene rings is 1. The third kappa shape index (κ3) is 4.92. The highest BCUT2D eigenvalue weighted by Gasteiger charge is 2.17. The summed E-state index contributed by atoms with van der Waals surface area (Å²) in [5.74, 6) is 1.02. The van der Waals surface area contributed by atoms with Gasteiger partial charge >= 0.3 is 0 Å². The average Bonchev–Trinajstić information content (AvgIpc) is 3.05. The molecule has 1 N–H and O–H groups in total. The minimum absolute atomic E-state index is 0.710. The molecule has 0 bridgehead atoms. The van der Waals surface area contributed by atoms with Crippen molar-refractivity contribution in [1.82, 2.24) is 15.2 Å². The van der Waals surface area contributed by atoms with Crippen LogP contribution in [0.25, 0.3) is 6.08 Å². The Bertz CT molecular complexity index is 723. The number of nitrogens with zero attached hydrogens (tertiary/aromatic N) is 3. The fraction of sp³-hybridized carbons (Fsp3) is 0.400. The van der Waals surface area contributed by atoms with Crippen LogP contribution in [-0.2, 0) is 6.54 Å². The van der Waals surface area contributed by atoms with Crippen LogP contribution in [0.5, 0.6) is 0 Å². The number of likely N-dealkylation sites (tertiary alicyclic amines) is 1. The Labute approximate surface area is 154 Å². The van der Waals surface area contributed by atoms with Gasteiger partial charge < -0.3 is 10.2 Å². The van der Waals surface area contributed by atoms with Crippen LogP contribution in [0.3, 0.4) is 0 Å². The first kappa shape index (κ1) is 17.7. The van der Waals surface area contributed by atoms with Crippen LogP contribution in [0.2, 0.25) is 0 Å². The molecule has 0 aliphatic carbocycles. The van der Waals surface area contributed by atoms with Crippen LogP contribution in [0.15, 0.2) is 46.4 Å². The smallest absolute Gasteiger partial charge is 0.194 e. The molecule has 1 fully saturated rings. The van der Waals surface area contributed by atoms with E-state index in [4.69, 9.17) is 4.99 Å². The van der Waals surface area contributed by atoms with Gasteiger partial charge in [-0.25, -0.2) is 9.98 Å². The quantitative estimate of drug-likeness (QED) is 0.664. The predicted molar refractivity (Wildman–Crippen MR) is 107 cm³/mol. The molecule has 2 aromatic rings. The van der Waals surface area contributed by atoms with Crippen molar-refractivity contribution in [3.05, 3.63) is 57.6 Å². The van der Waals surface area contributed by atoms with E-state index in [1.165, 1.54) is 16.0 Å². The Kier molecular flexibility index (Phi) is 6.23. The fourth-order valence-corrected chi connectivity index (χ4v) is 3.69. The van der Waals surface area contributed by atoms with Gasteiger partial charge in [0.15, 0.2) is 5.96 Å². The lowest BCUT2D eigenvalue weighted by atomic mass is 10.0. The summed E-state index contributed by atoms with van der Waals surface area (Å²) in [6.07, 6.45) is 4.53. The van der Waals surface area contributed by atoms with Crippen molar-refractivity contribution < 1.29 is 0 Å². The molecule has 3 rings (SSSR count). The number of piperidine rings is 1. The zero-order valence-corrected chi connectivity index (χ0v) is 15.9. The summed E-state index contributed by atoms with van der Waals surface area (Å²) < 4.78 is 0. The van der Waals surface area contributed by atoms with E-state index in [1.54, 1.807) is 11.3 Å². The second kappa shape index (κ2) is 8.81. The van der Waals surface area contributed by atoms with Gasteiger partial charge in [0.1, 0.15) is 0 Å². The number of hydrogen-bond donors (Lipinski definition) is 1. The van der Waals surface area contributed by atoms with Crippen LogP contribution in [0.1, 0.15) is 35.9 Å². The van der Waals surface area contributed by atoms with Gasteiger partial charge in [0.05, 0.1) is 17.7 Å². The van der Waals surface area contributed by atoms with Crippen LogP contribution >= 0.6 is 11.3 Å². The molecule has 0 radical (unpaired) electrons. The first-order valence-electron chi connectivity index (χ1n) is 8.93. The highest BCUT2D eigenvalue weighted by Crippen LogP contribution is 2.20. The number of aryl methyl sites for hydroxylation is 1. The molecule has 1 aromatic carbocycles. The molecule has 0 unspecified atom stereocenters. The van der Waals surface area contributed by atoms with Gasteiger partial charge in [-0.3, -0.25) is 0 Å². The summed E-state index contributed by atoms with van der Waals surface area (Å²) in [5.41, 5.74) is 5.81.